The van der Waals surface area contributed by atoms with Gasteiger partial charge in [0.25, 0.3) is 27.2 Å². The standard InChI is InChI=1S/C7H5Cl3O6S3/c1-4-6(18(9,13)14)2-5(17(8,11)12)3-7(4)19(10,15)16/h2-3H,1H3. The van der Waals surface area contributed by atoms with Gasteiger partial charge in [0.1, 0.15) is 0 Å². The minimum absolute atomic E-state index is 0.297. The Kier molecular flexibility index (Phi) is 4.51. The summed E-state index contributed by atoms with van der Waals surface area (Å²) < 4.78 is 67.6. The second-order valence-electron chi connectivity index (χ2n) is 3.36. The van der Waals surface area contributed by atoms with E-state index in [1.165, 1.54) is 0 Å². The molecule has 0 amide bonds. The Labute approximate surface area is 123 Å². The van der Waals surface area contributed by atoms with Crippen molar-refractivity contribution in [3.8, 4) is 0 Å². The van der Waals surface area contributed by atoms with Crippen molar-refractivity contribution in [2.24, 2.45) is 0 Å². The van der Waals surface area contributed by atoms with Crippen molar-refractivity contribution in [1.82, 2.24) is 0 Å². The molecule has 0 atom stereocenters. The molecule has 6 nitrogen and oxygen atoms in total. The lowest BCUT2D eigenvalue weighted by Crippen LogP contribution is -2.05. The van der Waals surface area contributed by atoms with Crippen molar-refractivity contribution < 1.29 is 25.3 Å². The second-order valence-corrected chi connectivity index (χ2v) is 11.0. The zero-order chi connectivity index (χ0) is 15.2. The minimum Gasteiger partial charge on any atom is -0.207 e. The van der Waals surface area contributed by atoms with Gasteiger partial charge >= 0.3 is 0 Å². The second kappa shape index (κ2) is 5.05. The first-order valence-corrected chi connectivity index (χ1v) is 11.2. The molecule has 0 heterocycles. The van der Waals surface area contributed by atoms with Crippen LogP contribution in [0.3, 0.4) is 0 Å². The van der Waals surface area contributed by atoms with E-state index in [-0.39, 0.29) is 5.56 Å². The van der Waals surface area contributed by atoms with Crippen LogP contribution in [0.25, 0.3) is 0 Å². The van der Waals surface area contributed by atoms with Crippen LogP contribution in [0.4, 0.5) is 0 Å². The zero-order valence-electron chi connectivity index (χ0n) is 8.96. The summed E-state index contributed by atoms with van der Waals surface area (Å²) in [5.74, 6) is 0. The van der Waals surface area contributed by atoms with Crippen molar-refractivity contribution in [3.63, 3.8) is 0 Å². The molecule has 0 aromatic heterocycles. The molecule has 0 saturated carbocycles. The van der Waals surface area contributed by atoms with Gasteiger partial charge in [-0.1, -0.05) is 0 Å². The van der Waals surface area contributed by atoms with Crippen LogP contribution in [0.15, 0.2) is 26.8 Å². The summed E-state index contributed by atoms with van der Waals surface area (Å²) in [5.41, 5.74) is -0.297. The van der Waals surface area contributed by atoms with Crippen molar-refractivity contribution in [1.29, 1.82) is 0 Å². The summed E-state index contributed by atoms with van der Waals surface area (Å²) in [7, 11) is 2.16. The van der Waals surface area contributed by atoms with Gasteiger partial charge in [0.05, 0.1) is 14.7 Å². The van der Waals surface area contributed by atoms with Gasteiger partial charge in [-0.2, -0.15) is 0 Å². The molecule has 0 N–H and O–H groups in total. The molecule has 0 spiro atoms. The zero-order valence-corrected chi connectivity index (χ0v) is 13.7. The highest BCUT2D eigenvalue weighted by atomic mass is 35.7. The van der Waals surface area contributed by atoms with E-state index in [0.717, 1.165) is 6.92 Å². The Morgan fingerprint density at radius 2 is 1.05 bits per heavy atom. The van der Waals surface area contributed by atoms with Crippen LogP contribution >= 0.6 is 32.0 Å². The Morgan fingerprint density at radius 1 is 0.737 bits per heavy atom. The summed E-state index contributed by atoms with van der Waals surface area (Å²) in [6, 6.07) is 1.32. The van der Waals surface area contributed by atoms with Gasteiger partial charge in [-0.05, 0) is 24.6 Å². The highest BCUT2D eigenvalue weighted by molar-refractivity contribution is 8.15. The molecule has 0 saturated heterocycles. The molecule has 1 rings (SSSR count). The van der Waals surface area contributed by atoms with E-state index in [9.17, 15) is 25.3 Å². The number of hydrogen-bond acceptors (Lipinski definition) is 6. The smallest absolute Gasteiger partial charge is 0.207 e. The van der Waals surface area contributed by atoms with Gasteiger partial charge in [-0.25, -0.2) is 25.3 Å². The Bertz CT molecular complexity index is 785. The summed E-state index contributed by atoms with van der Waals surface area (Å²) in [6.07, 6.45) is 0. The molecule has 0 aliphatic carbocycles. The summed E-state index contributed by atoms with van der Waals surface area (Å²) in [5, 5.41) is 0. The van der Waals surface area contributed by atoms with Crippen LogP contribution < -0.4 is 0 Å². The SMILES string of the molecule is Cc1c(S(=O)(=O)Cl)cc(S(=O)(=O)Cl)cc1S(=O)(=O)Cl. The highest BCUT2D eigenvalue weighted by Gasteiger charge is 2.26. The molecular weight excluding hydrogens is 383 g/mol. The summed E-state index contributed by atoms with van der Waals surface area (Å²) in [4.78, 5) is -2.14. The lowest BCUT2D eigenvalue weighted by Gasteiger charge is -2.08. The first-order chi connectivity index (χ1) is 8.24. The molecule has 12 heteroatoms. The monoisotopic (exact) mass is 386 g/mol. The number of halogens is 3. The van der Waals surface area contributed by atoms with E-state index >= 15 is 0 Å². The molecule has 0 bridgehead atoms. The fraction of sp³-hybridized carbons (Fsp3) is 0.143. The third kappa shape index (κ3) is 3.96. The van der Waals surface area contributed by atoms with Gasteiger partial charge < -0.3 is 0 Å². The summed E-state index contributed by atoms with van der Waals surface area (Å²) in [6.45, 7) is 1.12. The number of benzene rings is 1. The van der Waals surface area contributed by atoms with Crippen LogP contribution in [0.5, 0.6) is 0 Å². The quantitative estimate of drug-likeness (QED) is 0.732. The lowest BCUT2D eigenvalue weighted by atomic mass is 10.2. The van der Waals surface area contributed by atoms with Gasteiger partial charge in [-0.3, -0.25) is 0 Å². The molecule has 0 unspecified atom stereocenters. The Balaban J connectivity index is 4.00. The van der Waals surface area contributed by atoms with E-state index in [1.807, 2.05) is 0 Å². The van der Waals surface area contributed by atoms with Gasteiger partial charge in [0, 0.05) is 32.0 Å². The first-order valence-electron chi connectivity index (χ1n) is 4.23. The number of rotatable bonds is 3. The van der Waals surface area contributed by atoms with E-state index in [4.69, 9.17) is 32.0 Å². The largest absolute Gasteiger partial charge is 0.261 e. The van der Waals surface area contributed by atoms with E-state index in [2.05, 4.69) is 0 Å². The topological polar surface area (TPSA) is 102 Å². The third-order valence-corrected chi connectivity index (χ3v) is 6.32. The molecule has 0 radical (unpaired) electrons. The normalized spacial score (nSPS) is 13.5. The Hall–Kier alpha value is -0.0600. The molecule has 0 aliphatic rings. The van der Waals surface area contributed by atoms with Gasteiger partial charge in [0.15, 0.2) is 0 Å². The third-order valence-electron chi connectivity index (χ3n) is 2.09. The molecule has 1 aromatic rings. The fourth-order valence-corrected chi connectivity index (χ4v) is 4.73. The Morgan fingerprint density at radius 3 is 1.26 bits per heavy atom. The van der Waals surface area contributed by atoms with E-state index < -0.39 is 41.8 Å². The average Bonchev–Trinajstić information content (AvgIpc) is 2.11. The van der Waals surface area contributed by atoms with Crippen molar-refractivity contribution >= 4 is 59.2 Å². The first kappa shape index (κ1) is 17.0. The molecule has 0 fully saturated rings. The number of hydrogen-bond donors (Lipinski definition) is 0. The van der Waals surface area contributed by atoms with Gasteiger partial charge in [0.2, 0.25) is 0 Å². The van der Waals surface area contributed by atoms with Crippen molar-refractivity contribution in [2.75, 3.05) is 0 Å². The van der Waals surface area contributed by atoms with Crippen molar-refractivity contribution in [3.05, 3.63) is 17.7 Å². The maximum atomic E-state index is 11.3. The molecular formula is C7H5Cl3O6S3. The minimum atomic E-state index is -4.37. The predicted molar refractivity (Wildman–Crippen MR) is 70.3 cm³/mol. The molecule has 0 aliphatic heterocycles. The maximum Gasteiger partial charge on any atom is 0.261 e. The van der Waals surface area contributed by atoms with Crippen LogP contribution in [0.1, 0.15) is 5.56 Å². The highest BCUT2D eigenvalue weighted by Crippen LogP contribution is 2.32. The van der Waals surface area contributed by atoms with Crippen molar-refractivity contribution in [2.45, 2.75) is 21.6 Å². The maximum absolute atomic E-state index is 11.3. The van der Waals surface area contributed by atoms with Crippen LogP contribution in [0.2, 0.25) is 0 Å². The molecule has 19 heavy (non-hydrogen) atoms. The van der Waals surface area contributed by atoms with E-state index in [0.29, 0.717) is 12.1 Å². The molecule has 108 valence electrons. The lowest BCUT2D eigenvalue weighted by molar-refractivity contribution is 0.604. The average molecular weight is 388 g/mol. The predicted octanol–water partition coefficient (Wildman–Crippen LogP) is 1.78. The van der Waals surface area contributed by atoms with Crippen LogP contribution in [-0.2, 0) is 27.2 Å². The fourth-order valence-electron chi connectivity index (χ4n) is 1.29. The van der Waals surface area contributed by atoms with Crippen LogP contribution in [0, 0.1) is 6.92 Å². The van der Waals surface area contributed by atoms with Crippen LogP contribution in [-0.4, -0.2) is 25.3 Å². The molecule has 1 aromatic carbocycles. The summed E-state index contributed by atoms with van der Waals surface area (Å²) >= 11 is 0. The van der Waals surface area contributed by atoms with E-state index in [1.54, 1.807) is 0 Å². The van der Waals surface area contributed by atoms with Gasteiger partial charge in [-0.15, -0.1) is 0 Å².